The lowest BCUT2D eigenvalue weighted by atomic mass is 9.82. The first-order chi connectivity index (χ1) is 7.97. The molecule has 0 bridgehead atoms. The largest absolute Gasteiger partial charge is 0.486 e. The SMILES string of the molecule is Cc1c(C(C)(C)CO)cc2c(c1Cl)OCCO2. The van der Waals surface area contributed by atoms with Gasteiger partial charge >= 0.3 is 0 Å². The van der Waals surface area contributed by atoms with Crippen molar-refractivity contribution in [3.63, 3.8) is 0 Å². The smallest absolute Gasteiger partial charge is 0.180 e. The normalized spacial score (nSPS) is 14.9. The van der Waals surface area contributed by atoms with Gasteiger partial charge in [-0.05, 0) is 24.1 Å². The first kappa shape index (κ1) is 12.5. The standard InChI is InChI=1S/C13H17ClO3/c1-8-9(13(2,3)7-15)6-10-12(11(8)14)17-5-4-16-10/h6,15H,4-5,7H2,1-3H3. The van der Waals surface area contributed by atoms with Crippen LogP contribution < -0.4 is 9.47 Å². The van der Waals surface area contributed by atoms with Gasteiger partial charge in [0.05, 0.1) is 11.6 Å². The molecule has 0 saturated heterocycles. The molecule has 1 N–H and O–H groups in total. The maximum Gasteiger partial charge on any atom is 0.180 e. The lowest BCUT2D eigenvalue weighted by molar-refractivity contribution is 0.170. The lowest BCUT2D eigenvalue weighted by Gasteiger charge is -2.28. The summed E-state index contributed by atoms with van der Waals surface area (Å²) in [6.45, 7) is 7.00. The van der Waals surface area contributed by atoms with Crippen LogP contribution >= 0.6 is 11.6 Å². The van der Waals surface area contributed by atoms with E-state index in [9.17, 15) is 5.11 Å². The fraction of sp³-hybridized carbons (Fsp3) is 0.538. The zero-order chi connectivity index (χ0) is 12.6. The number of benzene rings is 1. The molecular formula is C13H17ClO3. The highest BCUT2D eigenvalue weighted by atomic mass is 35.5. The minimum atomic E-state index is -0.344. The summed E-state index contributed by atoms with van der Waals surface area (Å²) >= 11 is 6.29. The Morgan fingerprint density at radius 1 is 1.35 bits per heavy atom. The quantitative estimate of drug-likeness (QED) is 0.884. The molecule has 0 fully saturated rings. The number of hydrogen-bond acceptors (Lipinski definition) is 3. The van der Waals surface area contributed by atoms with E-state index in [-0.39, 0.29) is 12.0 Å². The van der Waals surface area contributed by atoms with Crippen molar-refractivity contribution in [2.45, 2.75) is 26.2 Å². The van der Waals surface area contributed by atoms with Gasteiger partial charge in [0.1, 0.15) is 13.2 Å². The Hall–Kier alpha value is -0.930. The molecule has 1 aliphatic heterocycles. The predicted octanol–water partition coefficient (Wildman–Crippen LogP) is 2.69. The molecule has 1 heterocycles. The van der Waals surface area contributed by atoms with Crippen molar-refractivity contribution >= 4 is 11.6 Å². The molecule has 4 heteroatoms. The molecule has 1 aromatic carbocycles. The van der Waals surface area contributed by atoms with Crippen molar-refractivity contribution in [1.29, 1.82) is 0 Å². The highest BCUT2D eigenvalue weighted by molar-refractivity contribution is 6.33. The van der Waals surface area contributed by atoms with Gasteiger partial charge in [-0.2, -0.15) is 0 Å². The maximum absolute atomic E-state index is 9.45. The molecule has 0 radical (unpaired) electrons. The van der Waals surface area contributed by atoms with Gasteiger partial charge in [0.15, 0.2) is 11.5 Å². The van der Waals surface area contributed by atoms with Crippen LogP contribution in [-0.2, 0) is 5.41 Å². The van der Waals surface area contributed by atoms with Crippen LogP contribution in [0.1, 0.15) is 25.0 Å². The minimum Gasteiger partial charge on any atom is -0.486 e. The van der Waals surface area contributed by atoms with Gasteiger partial charge in [-0.1, -0.05) is 25.4 Å². The van der Waals surface area contributed by atoms with E-state index < -0.39 is 0 Å². The monoisotopic (exact) mass is 256 g/mol. The molecule has 0 aliphatic carbocycles. The van der Waals surface area contributed by atoms with Crippen LogP contribution in [0.15, 0.2) is 6.07 Å². The summed E-state index contributed by atoms with van der Waals surface area (Å²) in [5, 5.41) is 10.0. The molecule has 1 aromatic rings. The van der Waals surface area contributed by atoms with Crippen molar-refractivity contribution in [1.82, 2.24) is 0 Å². The third-order valence-electron chi connectivity index (χ3n) is 3.14. The van der Waals surface area contributed by atoms with Gasteiger partial charge in [-0.25, -0.2) is 0 Å². The van der Waals surface area contributed by atoms with Crippen LogP contribution in [0, 0.1) is 6.92 Å². The molecule has 17 heavy (non-hydrogen) atoms. The Balaban J connectivity index is 2.59. The van der Waals surface area contributed by atoms with Gasteiger partial charge in [0.25, 0.3) is 0 Å². The summed E-state index contributed by atoms with van der Waals surface area (Å²) in [4.78, 5) is 0. The highest BCUT2D eigenvalue weighted by Gasteiger charge is 2.27. The van der Waals surface area contributed by atoms with Crippen LogP contribution in [0.5, 0.6) is 11.5 Å². The molecule has 0 spiro atoms. The van der Waals surface area contributed by atoms with Gasteiger partial charge in [0, 0.05) is 5.41 Å². The predicted molar refractivity (Wildman–Crippen MR) is 67.3 cm³/mol. The van der Waals surface area contributed by atoms with E-state index in [1.54, 1.807) is 0 Å². The Morgan fingerprint density at radius 3 is 2.65 bits per heavy atom. The highest BCUT2D eigenvalue weighted by Crippen LogP contribution is 2.44. The van der Waals surface area contributed by atoms with Crippen LogP contribution in [0.25, 0.3) is 0 Å². The number of aliphatic hydroxyl groups is 1. The topological polar surface area (TPSA) is 38.7 Å². The van der Waals surface area contributed by atoms with Crippen molar-refractivity contribution in [3.05, 3.63) is 22.2 Å². The molecule has 0 unspecified atom stereocenters. The summed E-state index contributed by atoms with van der Waals surface area (Å²) in [6, 6.07) is 1.92. The second-order valence-corrected chi connectivity index (χ2v) is 5.31. The zero-order valence-corrected chi connectivity index (χ0v) is 11.1. The Labute approximate surface area is 106 Å². The number of ether oxygens (including phenoxy) is 2. The Bertz CT molecular complexity index is 441. The zero-order valence-electron chi connectivity index (χ0n) is 10.3. The molecule has 2 rings (SSSR count). The lowest BCUT2D eigenvalue weighted by Crippen LogP contribution is -2.25. The van der Waals surface area contributed by atoms with E-state index in [0.29, 0.717) is 29.7 Å². The van der Waals surface area contributed by atoms with Crippen molar-refractivity contribution in [2.75, 3.05) is 19.8 Å². The molecule has 0 aromatic heterocycles. The summed E-state index contributed by atoms with van der Waals surface area (Å²) in [5.41, 5.74) is 1.59. The number of halogens is 1. The van der Waals surface area contributed by atoms with Crippen molar-refractivity contribution in [3.8, 4) is 11.5 Å². The van der Waals surface area contributed by atoms with Crippen LogP contribution in [-0.4, -0.2) is 24.9 Å². The molecular weight excluding hydrogens is 240 g/mol. The van der Waals surface area contributed by atoms with E-state index in [2.05, 4.69) is 0 Å². The molecule has 94 valence electrons. The number of fused-ring (bicyclic) bond motifs is 1. The van der Waals surface area contributed by atoms with Gasteiger partial charge in [0.2, 0.25) is 0 Å². The van der Waals surface area contributed by atoms with Crippen molar-refractivity contribution in [2.24, 2.45) is 0 Å². The van der Waals surface area contributed by atoms with E-state index in [1.807, 2.05) is 26.8 Å². The summed E-state index contributed by atoms with van der Waals surface area (Å²) in [7, 11) is 0. The molecule has 3 nitrogen and oxygen atoms in total. The van der Waals surface area contributed by atoms with E-state index >= 15 is 0 Å². The Morgan fingerprint density at radius 2 is 2.00 bits per heavy atom. The number of aliphatic hydroxyl groups excluding tert-OH is 1. The molecule has 0 saturated carbocycles. The van der Waals surface area contributed by atoms with Crippen molar-refractivity contribution < 1.29 is 14.6 Å². The van der Waals surface area contributed by atoms with E-state index in [1.165, 1.54) is 0 Å². The minimum absolute atomic E-state index is 0.0593. The van der Waals surface area contributed by atoms with E-state index in [0.717, 1.165) is 11.1 Å². The van der Waals surface area contributed by atoms with Crippen LogP contribution in [0.3, 0.4) is 0 Å². The van der Waals surface area contributed by atoms with Gasteiger partial charge in [-0.3, -0.25) is 0 Å². The first-order valence-corrected chi connectivity index (χ1v) is 6.05. The summed E-state index contributed by atoms with van der Waals surface area (Å²) in [6.07, 6.45) is 0. The van der Waals surface area contributed by atoms with Gasteiger partial charge < -0.3 is 14.6 Å². The summed E-state index contributed by atoms with van der Waals surface area (Å²) < 4.78 is 11.1. The average Bonchev–Trinajstić information content (AvgIpc) is 2.33. The maximum atomic E-state index is 9.45. The fourth-order valence-electron chi connectivity index (χ4n) is 2.03. The van der Waals surface area contributed by atoms with Gasteiger partial charge in [-0.15, -0.1) is 0 Å². The van der Waals surface area contributed by atoms with Crippen LogP contribution in [0.4, 0.5) is 0 Å². The van der Waals surface area contributed by atoms with Crippen LogP contribution in [0.2, 0.25) is 5.02 Å². The second kappa shape index (κ2) is 4.39. The summed E-state index contributed by atoms with van der Waals surface area (Å²) in [5.74, 6) is 1.29. The first-order valence-electron chi connectivity index (χ1n) is 5.67. The molecule has 1 aliphatic rings. The average molecular weight is 257 g/mol. The third kappa shape index (κ3) is 2.09. The number of hydrogen-bond donors (Lipinski definition) is 1. The number of rotatable bonds is 2. The molecule has 0 amide bonds. The second-order valence-electron chi connectivity index (χ2n) is 4.93. The van der Waals surface area contributed by atoms with E-state index in [4.69, 9.17) is 21.1 Å². The molecule has 0 atom stereocenters. The Kier molecular flexibility index (Phi) is 3.23. The third-order valence-corrected chi connectivity index (χ3v) is 3.60. The fourth-order valence-corrected chi connectivity index (χ4v) is 2.28.